The average molecular weight is 349 g/mol. The van der Waals surface area contributed by atoms with Gasteiger partial charge in [0, 0.05) is 25.2 Å². The van der Waals surface area contributed by atoms with E-state index in [2.05, 4.69) is 24.1 Å². The standard InChI is InChI=1S/C19H28FN3O2/c1-3-22(4-2)14-18(24)23-11-5-6-15(13-23)12-21-19(25)16-7-9-17(20)10-8-16/h7-10,15H,3-6,11-14H2,1-2H3,(H,21,25)/t15-/m1/s1. The van der Waals surface area contributed by atoms with Crippen LogP contribution in [0.1, 0.15) is 37.0 Å². The molecule has 2 rings (SSSR count). The second-order valence-corrected chi connectivity index (χ2v) is 6.53. The lowest BCUT2D eigenvalue weighted by molar-refractivity contribution is -0.134. The van der Waals surface area contributed by atoms with Crippen LogP contribution in [0, 0.1) is 11.7 Å². The Kier molecular flexibility index (Phi) is 7.37. The Bertz CT molecular complexity index is 573. The van der Waals surface area contributed by atoms with E-state index in [9.17, 15) is 14.0 Å². The summed E-state index contributed by atoms with van der Waals surface area (Å²) in [5.41, 5.74) is 0.451. The summed E-state index contributed by atoms with van der Waals surface area (Å²) < 4.78 is 12.9. The smallest absolute Gasteiger partial charge is 0.251 e. The lowest BCUT2D eigenvalue weighted by Crippen LogP contribution is -2.47. The number of piperidine rings is 1. The fourth-order valence-electron chi connectivity index (χ4n) is 3.14. The van der Waals surface area contributed by atoms with Crippen LogP contribution in [0.15, 0.2) is 24.3 Å². The summed E-state index contributed by atoms with van der Waals surface area (Å²) in [7, 11) is 0. The van der Waals surface area contributed by atoms with E-state index >= 15 is 0 Å². The molecule has 1 heterocycles. The van der Waals surface area contributed by atoms with Gasteiger partial charge in [-0.05, 0) is 56.1 Å². The zero-order valence-electron chi connectivity index (χ0n) is 15.1. The molecule has 1 N–H and O–H groups in total. The second kappa shape index (κ2) is 9.51. The first kappa shape index (κ1) is 19.4. The van der Waals surface area contributed by atoms with Gasteiger partial charge in [-0.2, -0.15) is 0 Å². The van der Waals surface area contributed by atoms with Crippen molar-refractivity contribution < 1.29 is 14.0 Å². The number of likely N-dealkylation sites (N-methyl/N-ethyl adjacent to an activating group) is 1. The monoisotopic (exact) mass is 349 g/mol. The molecule has 1 atom stereocenters. The number of nitrogens with one attached hydrogen (secondary N) is 1. The zero-order valence-corrected chi connectivity index (χ0v) is 15.1. The van der Waals surface area contributed by atoms with E-state index in [0.717, 1.165) is 32.5 Å². The summed E-state index contributed by atoms with van der Waals surface area (Å²) >= 11 is 0. The maximum absolute atomic E-state index is 12.9. The van der Waals surface area contributed by atoms with Crippen molar-refractivity contribution in [2.75, 3.05) is 39.3 Å². The van der Waals surface area contributed by atoms with Gasteiger partial charge in [-0.3, -0.25) is 14.5 Å². The number of halogens is 1. The normalized spacial score (nSPS) is 17.6. The number of amides is 2. The van der Waals surface area contributed by atoms with Gasteiger partial charge in [0.15, 0.2) is 0 Å². The molecule has 1 fully saturated rings. The molecule has 2 amide bonds. The van der Waals surface area contributed by atoms with Crippen LogP contribution in [0.3, 0.4) is 0 Å². The van der Waals surface area contributed by atoms with E-state index in [-0.39, 0.29) is 23.5 Å². The molecule has 0 saturated carbocycles. The van der Waals surface area contributed by atoms with Crippen molar-refractivity contribution in [3.05, 3.63) is 35.6 Å². The largest absolute Gasteiger partial charge is 0.352 e. The first-order valence-electron chi connectivity index (χ1n) is 9.07. The highest BCUT2D eigenvalue weighted by Gasteiger charge is 2.24. The van der Waals surface area contributed by atoms with Crippen molar-refractivity contribution in [2.45, 2.75) is 26.7 Å². The van der Waals surface area contributed by atoms with Crippen LogP contribution in [-0.4, -0.2) is 60.9 Å². The lowest BCUT2D eigenvalue weighted by Gasteiger charge is -2.34. The van der Waals surface area contributed by atoms with Crippen molar-refractivity contribution in [2.24, 2.45) is 5.92 Å². The van der Waals surface area contributed by atoms with Gasteiger partial charge in [-0.1, -0.05) is 13.8 Å². The highest BCUT2D eigenvalue weighted by atomic mass is 19.1. The van der Waals surface area contributed by atoms with Crippen molar-refractivity contribution in [1.29, 1.82) is 0 Å². The minimum absolute atomic E-state index is 0.165. The predicted molar refractivity (Wildman–Crippen MR) is 95.8 cm³/mol. The van der Waals surface area contributed by atoms with Gasteiger partial charge in [0.2, 0.25) is 5.91 Å². The minimum atomic E-state index is -0.355. The molecule has 0 aromatic heterocycles. The van der Waals surface area contributed by atoms with Gasteiger partial charge in [0.25, 0.3) is 5.91 Å². The molecule has 1 aromatic rings. The van der Waals surface area contributed by atoms with Crippen LogP contribution in [0.25, 0.3) is 0 Å². The van der Waals surface area contributed by atoms with Crippen LogP contribution in [-0.2, 0) is 4.79 Å². The Morgan fingerprint density at radius 1 is 1.24 bits per heavy atom. The first-order chi connectivity index (χ1) is 12.0. The van der Waals surface area contributed by atoms with E-state index < -0.39 is 0 Å². The zero-order chi connectivity index (χ0) is 18.2. The van der Waals surface area contributed by atoms with Crippen molar-refractivity contribution in [1.82, 2.24) is 15.1 Å². The fourth-order valence-corrected chi connectivity index (χ4v) is 3.14. The van der Waals surface area contributed by atoms with Gasteiger partial charge >= 0.3 is 0 Å². The summed E-state index contributed by atoms with van der Waals surface area (Å²) in [6.07, 6.45) is 1.96. The fraction of sp³-hybridized carbons (Fsp3) is 0.579. The first-order valence-corrected chi connectivity index (χ1v) is 9.07. The Morgan fingerprint density at radius 3 is 2.56 bits per heavy atom. The number of carbonyl (C=O) groups is 2. The van der Waals surface area contributed by atoms with Crippen LogP contribution in [0.4, 0.5) is 4.39 Å². The van der Waals surface area contributed by atoms with Crippen molar-refractivity contribution in [3.8, 4) is 0 Å². The summed E-state index contributed by atoms with van der Waals surface area (Å²) in [4.78, 5) is 28.6. The van der Waals surface area contributed by atoms with Crippen LogP contribution in [0.5, 0.6) is 0 Å². The lowest BCUT2D eigenvalue weighted by atomic mass is 9.97. The Labute approximate surface area is 149 Å². The van der Waals surface area contributed by atoms with Crippen LogP contribution >= 0.6 is 0 Å². The summed E-state index contributed by atoms with van der Waals surface area (Å²) in [6, 6.07) is 5.52. The highest BCUT2D eigenvalue weighted by molar-refractivity contribution is 5.94. The number of carbonyl (C=O) groups excluding carboxylic acids is 2. The maximum Gasteiger partial charge on any atom is 0.251 e. The number of nitrogens with zero attached hydrogens (tertiary/aromatic N) is 2. The topological polar surface area (TPSA) is 52.7 Å². The summed E-state index contributed by atoms with van der Waals surface area (Å²) in [6.45, 7) is 8.32. The Hall–Kier alpha value is -1.95. The SMILES string of the molecule is CCN(CC)CC(=O)N1CCC[C@H](CNC(=O)c2ccc(F)cc2)C1. The third kappa shape index (κ3) is 5.81. The predicted octanol–water partition coefficient (Wildman–Crippen LogP) is 2.14. The molecule has 6 heteroatoms. The second-order valence-electron chi connectivity index (χ2n) is 6.53. The van der Waals surface area contributed by atoms with Crippen LogP contribution < -0.4 is 5.32 Å². The minimum Gasteiger partial charge on any atom is -0.352 e. The average Bonchev–Trinajstić information content (AvgIpc) is 2.64. The quantitative estimate of drug-likeness (QED) is 0.820. The molecule has 1 aliphatic rings. The molecule has 1 saturated heterocycles. The number of likely N-dealkylation sites (tertiary alicyclic amines) is 1. The molecular formula is C19H28FN3O2. The molecule has 1 aromatic carbocycles. The molecule has 0 radical (unpaired) electrons. The highest BCUT2D eigenvalue weighted by Crippen LogP contribution is 2.16. The number of hydrogen-bond donors (Lipinski definition) is 1. The summed E-state index contributed by atoms with van der Waals surface area (Å²) in [5.74, 6) is -0.130. The molecule has 0 bridgehead atoms. The van der Waals surface area contributed by atoms with Crippen molar-refractivity contribution in [3.63, 3.8) is 0 Å². The third-order valence-corrected chi connectivity index (χ3v) is 4.78. The van der Waals surface area contributed by atoms with Gasteiger partial charge in [-0.15, -0.1) is 0 Å². The van der Waals surface area contributed by atoms with E-state index in [1.807, 2.05) is 4.90 Å². The number of rotatable bonds is 7. The van der Waals surface area contributed by atoms with E-state index in [1.165, 1.54) is 24.3 Å². The maximum atomic E-state index is 12.9. The molecule has 138 valence electrons. The Morgan fingerprint density at radius 2 is 1.92 bits per heavy atom. The molecule has 0 aliphatic carbocycles. The molecule has 5 nitrogen and oxygen atoms in total. The molecule has 0 spiro atoms. The molecule has 0 unspecified atom stereocenters. The van der Waals surface area contributed by atoms with Gasteiger partial charge in [0.05, 0.1) is 6.54 Å². The third-order valence-electron chi connectivity index (χ3n) is 4.78. The molecule has 1 aliphatic heterocycles. The molecule has 25 heavy (non-hydrogen) atoms. The number of hydrogen-bond acceptors (Lipinski definition) is 3. The van der Waals surface area contributed by atoms with Gasteiger partial charge in [0.1, 0.15) is 5.82 Å². The summed E-state index contributed by atoms with van der Waals surface area (Å²) in [5, 5.41) is 2.90. The van der Waals surface area contributed by atoms with Crippen LogP contribution in [0.2, 0.25) is 0 Å². The molecular weight excluding hydrogens is 321 g/mol. The van der Waals surface area contributed by atoms with E-state index in [0.29, 0.717) is 25.2 Å². The van der Waals surface area contributed by atoms with E-state index in [1.54, 1.807) is 0 Å². The number of benzene rings is 1. The van der Waals surface area contributed by atoms with Gasteiger partial charge in [-0.25, -0.2) is 4.39 Å². The Balaban J connectivity index is 1.81. The van der Waals surface area contributed by atoms with Crippen molar-refractivity contribution >= 4 is 11.8 Å². The van der Waals surface area contributed by atoms with Gasteiger partial charge < -0.3 is 10.2 Å². The van der Waals surface area contributed by atoms with E-state index in [4.69, 9.17) is 0 Å².